The minimum Gasteiger partial charge on any atom is -0.286 e. The normalized spacial score (nSPS) is 16.0. The Balaban J connectivity index is 2.60. The van der Waals surface area contributed by atoms with E-state index in [4.69, 9.17) is 0 Å². The van der Waals surface area contributed by atoms with Crippen LogP contribution in [-0.2, 0) is 0 Å². The van der Waals surface area contributed by atoms with E-state index in [0.717, 1.165) is 0 Å². The first-order chi connectivity index (χ1) is 3.50. The van der Waals surface area contributed by atoms with Crippen LogP contribution in [0.4, 0.5) is 0 Å². The molecule has 0 aromatic carbocycles. The second-order valence-electron chi connectivity index (χ2n) is 1.07. The van der Waals surface area contributed by atoms with Gasteiger partial charge in [0.05, 0.1) is 0 Å². The molecule has 0 aromatic rings. The van der Waals surface area contributed by atoms with Crippen molar-refractivity contribution >= 4 is 6.21 Å². The largest absolute Gasteiger partial charge is 0.286 e. The van der Waals surface area contributed by atoms with E-state index in [-0.39, 0.29) is 0 Å². The lowest BCUT2D eigenvalue weighted by molar-refractivity contribution is 0.979. The van der Waals surface area contributed by atoms with Crippen LogP contribution in [0.25, 0.3) is 0 Å². The summed E-state index contributed by atoms with van der Waals surface area (Å²) in [4.78, 5) is 0. The average molecular weight is 93.1 g/mol. The lowest BCUT2D eigenvalue weighted by atomic mass is 10.5. The molecule has 2 nitrogen and oxygen atoms in total. The number of hydrazone groups is 1. The first kappa shape index (κ1) is 4.12. The molecule has 0 saturated heterocycles. The molecule has 1 rings (SSSR count). The van der Waals surface area contributed by atoms with Crippen molar-refractivity contribution in [1.29, 1.82) is 0 Å². The molecule has 1 aliphatic rings. The Bertz CT molecular complexity index is 108. The van der Waals surface area contributed by atoms with Gasteiger partial charge >= 0.3 is 0 Å². The van der Waals surface area contributed by atoms with Crippen LogP contribution in [-0.4, -0.2) is 6.21 Å². The van der Waals surface area contributed by atoms with Crippen molar-refractivity contribution in [2.24, 2.45) is 5.10 Å². The van der Waals surface area contributed by atoms with E-state index in [1.165, 1.54) is 0 Å². The van der Waals surface area contributed by atoms with Crippen LogP contribution in [0.5, 0.6) is 0 Å². The zero-order valence-corrected chi connectivity index (χ0v) is 3.76. The average Bonchev–Trinajstić information content (AvgIpc) is 1.90. The van der Waals surface area contributed by atoms with E-state index in [2.05, 4.69) is 16.6 Å². The van der Waals surface area contributed by atoms with Crippen molar-refractivity contribution in [1.82, 2.24) is 5.43 Å². The summed E-state index contributed by atoms with van der Waals surface area (Å²) in [7, 11) is 0. The monoisotopic (exact) mass is 93.0 g/mol. The van der Waals surface area contributed by atoms with Gasteiger partial charge in [-0.2, -0.15) is 5.10 Å². The van der Waals surface area contributed by atoms with Gasteiger partial charge in [-0.3, -0.25) is 5.43 Å². The second kappa shape index (κ2) is 2.18. The smallest absolute Gasteiger partial charge is 0.0478 e. The number of nitrogens with one attached hydrogen (secondary N) is 1. The molecule has 0 bridgehead atoms. The third-order valence-corrected chi connectivity index (χ3v) is 0.574. The van der Waals surface area contributed by atoms with Crippen molar-refractivity contribution in [2.45, 2.75) is 0 Å². The molecule has 2 heteroatoms. The summed E-state index contributed by atoms with van der Waals surface area (Å²) in [6, 6.07) is 0. The fourth-order valence-corrected chi connectivity index (χ4v) is 0.307. The van der Waals surface area contributed by atoms with Crippen molar-refractivity contribution < 1.29 is 0 Å². The van der Waals surface area contributed by atoms with Crippen molar-refractivity contribution in [3.05, 3.63) is 24.4 Å². The van der Waals surface area contributed by atoms with E-state index >= 15 is 0 Å². The van der Waals surface area contributed by atoms with Gasteiger partial charge in [0, 0.05) is 12.4 Å². The van der Waals surface area contributed by atoms with Crippen molar-refractivity contribution in [2.75, 3.05) is 0 Å². The van der Waals surface area contributed by atoms with Crippen molar-refractivity contribution in [3.63, 3.8) is 0 Å². The lowest BCUT2D eigenvalue weighted by Gasteiger charge is -1.78. The van der Waals surface area contributed by atoms with Gasteiger partial charge in [-0.15, -0.1) is 0 Å². The molecule has 0 atom stereocenters. The number of allylic oxidation sites excluding steroid dienone is 3. The number of nitrogens with zero attached hydrogens (tertiary/aromatic N) is 1. The van der Waals surface area contributed by atoms with Gasteiger partial charge in [0.1, 0.15) is 0 Å². The van der Waals surface area contributed by atoms with Gasteiger partial charge in [0.2, 0.25) is 0 Å². The van der Waals surface area contributed by atoms with Gasteiger partial charge in [-0.05, 0) is 18.2 Å². The predicted molar refractivity (Wildman–Crippen MR) is 28.6 cm³/mol. The quantitative estimate of drug-likeness (QED) is 0.462. The first-order valence-corrected chi connectivity index (χ1v) is 2.01. The van der Waals surface area contributed by atoms with E-state index in [0.29, 0.717) is 0 Å². The Morgan fingerprint density at radius 1 is 1.57 bits per heavy atom. The Hall–Kier alpha value is -1.05. The summed E-state index contributed by atoms with van der Waals surface area (Å²) >= 11 is 0. The first-order valence-electron chi connectivity index (χ1n) is 2.01. The highest BCUT2D eigenvalue weighted by atomic mass is 15.3. The zero-order valence-electron chi connectivity index (χ0n) is 3.76. The highest BCUT2D eigenvalue weighted by Gasteiger charge is 1.69. The lowest BCUT2D eigenvalue weighted by Crippen LogP contribution is -1.89. The molecule has 0 fully saturated rings. The van der Waals surface area contributed by atoms with Gasteiger partial charge < -0.3 is 0 Å². The van der Waals surface area contributed by atoms with E-state index in [9.17, 15) is 0 Å². The standard InChI is InChI=1S/C5H5N2/c1-2-4-6-7-5-3-1/h2-6H. The summed E-state index contributed by atoms with van der Waals surface area (Å²) in [6.45, 7) is 0. The molecular formula is C5H5N2. The summed E-state index contributed by atoms with van der Waals surface area (Å²) in [6.07, 6.45) is 9.67. The molecule has 0 unspecified atom stereocenters. The third-order valence-electron chi connectivity index (χ3n) is 0.574. The maximum absolute atomic E-state index is 3.69. The van der Waals surface area contributed by atoms with Gasteiger partial charge in [-0.1, -0.05) is 0 Å². The van der Waals surface area contributed by atoms with Crippen LogP contribution in [0, 0.1) is 6.08 Å². The van der Waals surface area contributed by atoms with E-state index in [1.807, 2.05) is 0 Å². The highest BCUT2D eigenvalue weighted by molar-refractivity contribution is 5.70. The molecule has 0 spiro atoms. The maximum atomic E-state index is 3.69. The van der Waals surface area contributed by atoms with Crippen LogP contribution in [0.3, 0.4) is 0 Å². The summed E-state index contributed by atoms with van der Waals surface area (Å²) in [5, 5.41) is 3.69. The Morgan fingerprint density at radius 3 is 3.57 bits per heavy atom. The Morgan fingerprint density at radius 2 is 2.57 bits per heavy atom. The molecule has 0 saturated carbocycles. The molecule has 1 heterocycles. The Kier molecular flexibility index (Phi) is 1.28. The van der Waals surface area contributed by atoms with Crippen LogP contribution < -0.4 is 5.43 Å². The summed E-state index contributed by atoms with van der Waals surface area (Å²) < 4.78 is 0. The Labute approximate surface area is 42.2 Å². The van der Waals surface area contributed by atoms with Crippen molar-refractivity contribution in [3.8, 4) is 0 Å². The van der Waals surface area contributed by atoms with E-state index in [1.54, 1.807) is 24.6 Å². The number of hydrogen-bond acceptors (Lipinski definition) is 2. The van der Waals surface area contributed by atoms with Crippen LogP contribution in [0.2, 0.25) is 0 Å². The maximum Gasteiger partial charge on any atom is 0.0478 e. The molecule has 1 N–H and O–H groups in total. The molecule has 0 amide bonds. The van der Waals surface area contributed by atoms with Crippen LogP contribution >= 0.6 is 0 Å². The highest BCUT2D eigenvalue weighted by Crippen LogP contribution is 1.74. The van der Waals surface area contributed by atoms with Gasteiger partial charge in [-0.25, -0.2) is 0 Å². The zero-order chi connectivity index (χ0) is 4.95. The second-order valence-corrected chi connectivity index (χ2v) is 1.07. The third kappa shape index (κ3) is 1.22. The summed E-state index contributed by atoms with van der Waals surface area (Å²) in [5.74, 6) is 0. The molecular weight excluding hydrogens is 88.1 g/mol. The fraction of sp³-hybridized carbons (Fsp3) is 0. The molecule has 35 valence electrons. The molecule has 0 aromatic heterocycles. The predicted octanol–water partition coefficient (Wildman–Crippen LogP) is 0.448. The van der Waals surface area contributed by atoms with Crippen LogP contribution in [0.1, 0.15) is 0 Å². The van der Waals surface area contributed by atoms with Crippen LogP contribution in [0.15, 0.2) is 23.5 Å². The molecule has 0 aliphatic carbocycles. The van der Waals surface area contributed by atoms with Gasteiger partial charge in [0.15, 0.2) is 0 Å². The SMILES string of the molecule is [C]1=CC=NNC=C1. The number of rotatable bonds is 0. The fourth-order valence-electron chi connectivity index (χ4n) is 0.307. The molecule has 1 aliphatic heterocycles. The number of hydrogen-bond donors (Lipinski definition) is 1. The van der Waals surface area contributed by atoms with Gasteiger partial charge in [0.25, 0.3) is 0 Å². The minimum absolute atomic E-state index is 1.64. The minimum atomic E-state index is 1.64. The van der Waals surface area contributed by atoms with E-state index < -0.39 is 0 Å². The topological polar surface area (TPSA) is 24.4 Å². The molecule has 1 radical (unpaired) electrons. The summed E-state index contributed by atoms with van der Waals surface area (Å²) in [5.41, 5.74) is 2.64. The molecule has 7 heavy (non-hydrogen) atoms.